The van der Waals surface area contributed by atoms with Crippen LogP contribution in [0.3, 0.4) is 0 Å². The van der Waals surface area contributed by atoms with Crippen LogP contribution in [0, 0.1) is 0 Å². The number of nitrogens with one attached hydrogen (secondary N) is 1. The Morgan fingerprint density at radius 3 is 3.00 bits per heavy atom. The lowest BCUT2D eigenvalue weighted by atomic mass is 9.98. The lowest BCUT2D eigenvalue weighted by molar-refractivity contribution is 0.0904. The third-order valence-electron chi connectivity index (χ3n) is 2.09. The topological polar surface area (TPSA) is 42.0 Å². The molecule has 1 saturated heterocycles. The van der Waals surface area contributed by atoms with Gasteiger partial charge in [-0.3, -0.25) is 9.78 Å². The minimum Gasteiger partial charge on any atom is -0.307 e. The first-order valence-corrected chi connectivity index (χ1v) is 4.05. The SMILES string of the molecule is O=C(c1cccnc1)C1CCN1. The van der Waals surface area contributed by atoms with Crippen LogP contribution < -0.4 is 5.32 Å². The molecular weight excluding hydrogens is 152 g/mol. The zero-order valence-electron chi connectivity index (χ0n) is 6.66. The van der Waals surface area contributed by atoms with Crippen LogP contribution in [-0.4, -0.2) is 23.4 Å². The molecule has 1 aliphatic heterocycles. The Labute approximate surface area is 70.8 Å². The molecule has 12 heavy (non-hydrogen) atoms. The van der Waals surface area contributed by atoms with Crippen LogP contribution in [0.1, 0.15) is 16.8 Å². The summed E-state index contributed by atoms with van der Waals surface area (Å²) in [7, 11) is 0. The highest BCUT2D eigenvalue weighted by Crippen LogP contribution is 2.09. The van der Waals surface area contributed by atoms with E-state index in [-0.39, 0.29) is 11.8 Å². The summed E-state index contributed by atoms with van der Waals surface area (Å²) >= 11 is 0. The molecular formula is C9H10N2O. The van der Waals surface area contributed by atoms with Gasteiger partial charge in [-0.25, -0.2) is 0 Å². The molecule has 0 amide bonds. The predicted molar refractivity (Wildman–Crippen MR) is 45.0 cm³/mol. The van der Waals surface area contributed by atoms with Gasteiger partial charge in [0.05, 0.1) is 6.04 Å². The fourth-order valence-corrected chi connectivity index (χ4v) is 1.22. The highest BCUT2D eigenvalue weighted by Gasteiger charge is 2.25. The minimum atomic E-state index is 0.0363. The van der Waals surface area contributed by atoms with E-state index in [1.807, 2.05) is 0 Å². The van der Waals surface area contributed by atoms with Gasteiger partial charge in [0.1, 0.15) is 0 Å². The van der Waals surface area contributed by atoms with Gasteiger partial charge in [-0.05, 0) is 25.1 Å². The number of ketones is 1. The zero-order chi connectivity index (χ0) is 8.39. The maximum Gasteiger partial charge on any atom is 0.181 e. The Morgan fingerprint density at radius 1 is 1.67 bits per heavy atom. The molecule has 0 radical (unpaired) electrons. The molecule has 1 aromatic heterocycles. The normalized spacial score (nSPS) is 21.5. The van der Waals surface area contributed by atoms with E-state index in [4.69, 9.17) is 0 Å². The third kappa shape index (κ3) is 1.23. The standard InChI is InChI=1S/C9H10N2O/c12-9(8-3-5-11-8)7-2-1-4-10-6-7/h1-2,4,6,8,11H,3,5H2. The van der Waals surface area contributed by atoms with E-state index >= 15 is 0 Å². The van der Waals surface area contributed by atoms with E-state index in [2.05, 4.69) is 10.3 Å². The first kappa shape index (κ1) is 7.43. The zero-order valence-corrected chi connectivity index (χ0v) is 6.66. The number of rotatable bonds is 2. The Balaban J connectivity index is 2.14. The number of nitrogens with zero attached hydrogens (tertiary/aromatic N) is 1. The Morgan fingerprint density at radius 2 is 2.50 bits per heavy atom. The summed E-state index contributed by atoms with van der Waals surface area (Å²) in [5.41, 5.74) is 0.703. The van der Waals surface area contributed by atoms with Crippen molar-refractivity contribution in [1.29, 1.82) is 0 Å². The van der Waals surface area contributed by atoms with Crippen molar-refractivity contribution < 1.29 is 4.79 Å². The summed E-state index contributed by atoms with van der Waals surface area (Å²) in [6, 6.07) is 3.62. The number of carbonyl (C=O) groups excluding carboxylic acids is 1. The maximum atomic E-state index is 11.5. The molecule has 0 spiro atoms. The third-order valence-corrected chi connectivity index (χ3v) is 2.09. The number of hydrogen-bond acceptors (Lipinski definition) is 3. The van der Waals surface area contributed by atoms with E-state index in [9.17, 15) is 4.79 Å². The molecule has 0 bridgehead atoms. The molecule has 2 heterocycles. The van der Waals surface area contributed by atoms with Crippen LogP contribution in [0.15, 0.2) is 24.5 Å². The molecule has 1 atom stereocenters. The number of Topliss-reactive ketones (excluding diaryl/α,β-unsaturated/α-hetero) is 1. The summed E-state index contributed by atoms with van der Waals surface area (Å²) in [5, 5.41) is 3.07. The number of pyridine rings is 1. The Hall–Kier alpha value is -1.22. The van der Waals surface area contributed by atoms with Crippen molar-refractivity contribution in [3.8, 4) is 0 Å². The molecule has 0 aliphatic carbocycles. The molecule has 0 aromatic carbocycles. The first-order valence-electron chi connectivity index (χ1n) is 4.05. The molecule has 1 aromatic rings. The summed E-state index contributed by atoms with van der Waals surface area (Å²) in [5.74, 6) is 0.161. The van der Waals surface area contributed by atoms with Gasteiger partial charge >= 0.3 is 0 Å². The molecule has 3 nitrogen and oxygen atoms in total. The van der Waals surface area contributed by atoms with Crippen LogP contribution in [0.2, 0.25) is 0 Å². The van der Waals surface area contributed by atoms with Gasteiger partial charge in [-0.15, -0.1) is 0 Å². The van der Waals surface area contributed by atoms with Crippen molar-refractivity contribution in [3.05, 3.63) is 30.1 Å². The average Bonchev–Trinajstić information content (AvgIpc) is 2.03. The lowest BCUT2D eigenvalue weighted by Gasteiger charge is -2.25. The molecule has 0 saturated carbocycles. The highest BCUT2D eigenvalue weighted by atomic mass is 16.1. The lowest BCUT2D eigenvalue weighted by Crippen LogP contribution is -2.48. The quantitative estimate of drug-likeness (QED) is 0.648. The summed E-state index contributed by atoms with van der Waals surface area (Å²) in [4.78, 5) is 15.4. The van der Waals surface area contributed by atoms with Crippen LogP contribution in [0.25, 0.3) is 0 Å². The van der Waals surface area contributed by atoms with Gasteiger partial charge < -0.3 is 5.32 Å². The summed E-state index contributed by atoms with van der Waals surface area (Å²) in [6.45, 7) is 0.955. The molecule has 62 valence electrons. The second kappa shape index (κ2) is 3.03. The van der Waals surface area contributed by atoms with Crippen LogP contribution in [-0.2, 0) is 0 Å². The predicted octanol–water partition coefficient (Wildman–Crippen LogP) is 0.626. The van der Waals surface area contributed by atoms with Crippen molar-refractivity contribution in [2.45, 2.75) is 12.5 Å². The second-order valence-corrected chi connectivity index (χ2v) is 2.90. The van der Waals surface area contributed by atoms with E-state index in [1.165, 1.54) is 0 Å². The average molecular weight is 162 g/mol. The number of aromatic nitrogens is 1. The van der Waals surface area contributed by atoms with Crippen LogP contribution in [0.5, 0.6) is 0 Å². The van der Waals surface area contributed by atoms with Crippen LogP contribution >= 0.6 is 0 Å². The van der Waals surface area contributed by atoms with Crippen LogP contribution in [0.4, 0.5) is 0 Å². The van der Waals surface area contributed by atoms with Gasteiger partial charge in [0.15, 0.2) is 5.78 Å². The highest BCUT2D eigenvalue weighted by molar-refractivity contribution is 6.00. The summed E-state index contributed by atoms with van der Waals surface area (Å²) < 4.78 is 0. The van der Waals surface area contributed by atoms with Gasteiger partial charge in [-0.1, -0.05) is 0 Å². The van der Waals surface area contributed by atoms with Gasteiger partial charge in [-0.2, -0.15) is 0 Å². The van der Waals surface area contributed by atoms with Crippen molar-refractivity contribution in [2.24, 2.45) is 0 Å². The smallest absolute Gasteiger partial charge is 0.181 e. The molecule has 3 heteroatoms. The number of carbonyl (C=O) groups is 1. The van der Waals surface area contributed by atoms with E-state index in [1.54, 1.807) is 24.5 Å². The minimum absolute atomic E-state index is 0.0363. The van der Waals surface area contributed by atoms with E-state index < -0.39 is 0 Å². The molecule has 2 rings (SSSR count). The largest absolute Gasteiger partial charge is 0.307 e. The first-order chi connectivity index (χ1) is 5.88. The molecule has 1 aliphatic rings. The van der Waals surface area contributed by atoms with Gasteiger partial charge in [0, 0.05) is 18.0 Å². The molecule has 1 fully saturated rings. The fraction of sp³-hybridized carbons (Fsp3) is 0.333. The monoisotopic (exact) mass is 162 g/mol. The molecule has 1 unspecified atom stereocenters. The van der Waals surface area contributed by atoms with Crippen molar-refractivity contribution >= 4 is 5.78 Å². The van der Waals surface area contributed by atoms with Crippen molar-refractivity contribution in [3.63, 3.8) is 0 Å². The van der Waals surface area contributed by atoms with E-state index in [0.29, 0.717) is 5.56 Å². The number of hydrogen-bond donors (Lipinski definition) is 1. The van der Waals surface area contributed by atoms with E-state index in [0.717, 1.165) is 13.0 Å². The fourth-order valence-electron chi connectivity index (χ4n) is 1.22. The van der Waals surface area contributed by atoms with Crippen molar-refractivity contribution in [2.75, 3.05) is 6.54 Å². The maximum absolute atomic E-state index is 11.5. The Bertz CT molecular complexity index is 280. The van der Waals surface area contributed by atoms with Gasteiger partial charge in [0.25, 0.3) is 0 Å². The Kier molecular flexibility index (Phi) is 1.87. The van der Waals surface area contributed by atoms with Gasteiger partial charge in [0.2, 0.25) is 0 Å². The van der Waals surface area contributed by atoms with Crippen molar-refractivity contribution in [1.82, 2.24) is 10.3 Å². The second-order valence-electron chi connectivity index (χ2n) is 2.90. The molecule has 1 N–H and O–H groups in total. The summed E-state index contributed by atoms with van der Waals surface area (Å²) in [6.07, 6.45) is 4.24.